The van der Waals surface area contributed by atoms with Gasteiger partial charge in [-0.15, -0.1) is 0 Å². The monoisotopic (exact) mass is 714 g/mol. The molecule has 2 aromatic carbocycles. The zero-order chi connectivity index (χ0) is 35.3. The molecule has 0 unspecified atom stereocenters. The summed E-state index contributed by atoms with van der Waals surface area (Å²) in [4.78, 5) is 45.0. The number of pyridine rings is 4. The van der Waals surface area contributed by atoms with E-state index < -0.39 is 0 Å². The van der Waals surface area contributed by atoms with Crippen molar-refractivity contribution in [2.24, 2.45) is 7.05 Å². The molecule has 12 heteroatoms. The Morgan fingerprint density at radius 2 is 1.18 bits per heavy atom. The molecule has 5 aromatic heterocycles. The SMILES string of the molecule is Cn1cc(NC(=O)c2ccc3cncc(-c4ccc(Cl)cc4)c3n2)cn1.O=C(c1ccc2cncc(-c3ccc(Cl)cc3)c2n1)N1CCCCC1. The molecule has 10 nitrogen and oxygen atoms in total. The summed E-state index contributed by atoms with van der Waals surface area (Å²) in [6.07, 6.45) is 13.7. The predicted octanol–water partition coefficient (Wildman–Crippen LogP) is 8.51. The third kappa shape index (κ3) is 7.72. The number of likely N-dealkylation sites (tertiary alicyclic amines) is 1. The molecule has 0 atom stereocenters. The first kappa shape index (κ1) is 33.8. The van der Waals surface area contributed by atoms with Crippen molar-refractivity contribution in [1.29, 1.82) is 0 Å². The van der Waals surface area contributed by atoms with Crippen LogP contribution in [0.15, 0.2) is 110 Å². The number of anilines is 1. The Morgan fingerprint density at radius 1 is 0.647 bits per heavy atom. The second kappa shape index (κ2) is 15.0. The summed E-state index contributed by atoms with van der Waals surface area (Å²) >= 11 is 12.0. The third-order valence-corrected chi connectivity index (χ3v) is 9.07. The van der Waals surface area contributed by atoms with Crippen molar-refractivity contribution in [3.8, 4) is 22.3 Å². The minimum absolute atomic E-state index is 0.0143. The molecule has 6 heterocycles. The molecule has 2 amide bonds. The molecule has 1 aliphatic heterocycles. The van der Waals surface area contributed by atoms with E-state index in [0.717, 1.165) is 64.5 Å². The van der Waals surface area contributed by atoms with Gasteiger partial charge in [0, 0.05) is 83.1 Å². The van der Waals surface area contributed by atoms with E-state index in [-0.39, 0.29) is 11.8 Å². The van der Waals surface area contributed by atoms with E-state index in [1.807, 2.05) is 65.6 Å². The summed E-state index contributed by atoms with van der Waals surface area (Å²) in [6, 6.07) is 22.3. The molecule has 1 fully saturated rings. The first-order valence-corrected chi connectivity index (χ1v) is 17.2. The molecule has 1 saturated heterocycles. The van der Waals surface area contributed by atoms with Gasteiger partial charge in [0.1, 0.15) is 11.4 Å². The number of amides is 2. The Labute approximate surface area is 304 Å². The normalized spacial score (nSPS) is 12.7. The van der Waals surface area contributed by atoms with Crippen LogP contribution in [0.4, 0.5) is 5.69 Å². The number of fused-ring (bicyclic) bond motifs is 2. The van der Waals surface area contributed by atoms with Gasteiger partial charge in [0.15, 0.2) is 0 Å². The fourth-order valence-electron chi connectivity index (χ4n) is 5.95. The molecule has 1 N–H and O–H groups in total. The van der Waals surface area contributed by atoms with Gasteiger partial charge in [-0.1, -0.05) is 47.5 Å². The van der Waals surface area contributed by atoms with Crippen LogP contribution >= 0.6 is 23.2 Å². The highest BCUT2D eigenvalue weighted by Crippen LogP contribution is 2.29. The average molecular weight is 716 g/mol. The minimum Gasteiger partial charge on any atom is -0.337 e. The summed E-state index contributed by atoms with van der Waals surface area (Å²) in [5.41, 5.74) is 6.60. The Hall–Kier alpha value is -5.71. The van der Waals surface area contributed by atoms with Crippen LogP contribution in [0.1, 0.15) is 40.2 Å². The van der Waals surface area contributed by atoms with Crippen molar-refractivity contribution in [1.82, 2.24) is 34.6 Å². The van der Waals surface area contributed by atoms with Gasteiger partial charge in [0.05, 0.1) is 22.9 Å². The first-order chi connectivity index (χ1) is 24.8. The van der Waals surface area contributed by atoms with Crippen LogP contribution in [0.5, 0.6) is 0 Å². The number of aryl methyl sites for hydroxylation is 1. The Bertz CT molecular complexity index is 2360. The van der Waals surface area contributed by atoms with Gasteiger partial charge >= 0.3 is 0 Å². The highest BCUT2D eigenvalue weighted by atomic mass is 35.5. The van der Waals surface area contributed by atoms with Crippen LogP contribution in [-0.2, 0) is 7.05 Å². The standard InChI is InChI=1S/C20H18ClN3O.C19H14ClN5O/c21-16-7-4-14(5-8-16)17-13-22-12-15-6-9-18(23-19(15)17)20(25)24-10-2-1-3-11-24;1-25-11-15(9-22-25)23-19(26)17-7-4-13-8-21-10-16(18(13)24-17)12-2-5-14(20)6-3-12/h4-9,12-13H,1-3,10-11H2;2-11H,1H3,(H,23,26). The van der Waals surface area contributed by atoms with Crippen molar-refractivity contribution in [2.45, 2.75) is 19.3 Å². The highest BCUT2D eigenvalue weighted by Gasteiger charge is 2.20. The Morgan fingerprint density at radius 3 is 1.71 bits per heavy atom. The number of hydrogen-bond acceptors (Lipinski definition) is 7. The van der Waals surface area contributed by atoms with E-state index >= 15 is 0 Å². The van der Waals surface area contributed by atoms with E-state index in [1.54, 1.807) is 61.0 Å². The van der Waals surface area contributed by atoms with Crippen molar-refractivity contribution in [2.75, 3.05) is 18.4 Å². The molecule has 7 aromatic rings. The molecule has 8 rings (SSSR count). The molecule has 1 aliphatic rings. The van der Waals surface area contributed by atoms with Gasteiger partial charge in [-0.25, -0.2) is 9.97 Å². The second-order valence-electron chi connectivity index (χ2n) is 12.1. The van der Waals surface area contributed by atoms with Crippen molar-refractivity contribution >= 4 is 62.5 Å². The van der Waals surface area contributed by atoms with E-state index in [9.17, 15) is 9.59 Å². The van der Waals surface area contributed by atoms with Gasteiger partial charge in [-0.2, -0.15) is 5.10 Å². The zero-order valence-corrected chi connectivity index (χ0v) is 29.1. The molecular weight excluding hydrogens is 683 g/mol. The molecular formula is C39H32Cl2N8O2. The van der Waals surface area contributed by atoms with E-state index in [4.69, 9.17) is 23.2 Å². The molecule has 0 radical (unpaired) electrons. The summed E-state index contributed by atoms with van der Waals surface area (Å²) in [5, 5.41) is 9.95. The van der Waals surface area contributed by atoms with Crippen molar-refractivity contribution < 1.29 is 9.59 Å². The molecule has 254 valence electrons. The smallest absolute Gasteiger partial charge is 0.274 e. The number of rotatable bonds is 5. The lowest BCUT2D eigenvalue weighted by Crippen LogP contribution is -2.36. The number of carbonyl (C=O) groups is 2. The molecule has 0 saturated carbocycles. The minimum atomic E-state index is -0.293. The second-order valence-corrected chi connectivity index (χ2v) is 13.0. The number of aromatic nitrogens is 6. The number of carbonyl (C=O) groups excluding carboxylic acids is 2. The fraction of sp³-hybridized carbons (Fsp3) is 0.154. The molecule has 0 aliphatic carbocycles. The lowest BCUT2D eigenvalue weighted by molar-refractivity contribution is 0.0718. The van der Waals surface area contributed by atoms with Crippen LogP contribution in [0.3, 0.4) is 0 Å². The van der Waals surface area contributed by atoms with Crippen LogP contribution in [0.25, 0.3) is 44.1 Å². The third-order valence-electron chi connectivity index (χ3n) is 8.57. The predicted molar refractivity (Wildman–Crippen MR) is 201 cm³/mol. The quantitative estimate of drug-likeness (QED) is 0.190. The maximum absolute atomic E-state index is 12.8. The zero-order valence-electron chi connectivity index (χ0n) is 27.6. The van der Waals surface area contributed by atoms with Crippen LogP contribution in [0.2, 0.25) is 10.0 Å². The van der Waals surface area contributed by atoms with E-state index in [1.165, 1.54) is 6.42 Å². The lowest BCUT2D eigenvalue weighted by atomic mass is 10.0. The highest BCUT2D eigenvalue weighted by molar-refractivity contribution is 6.31. The van der Waals surface area contributed by atoms with Gasteiger partial charge in [0.25, 0.3) is 11.8 Å². The van der Waals surface area contributed by atoms with E-state index in [0.29, 0.717) is 32.6 Å². The number of hydrogen-bond donors (Lipinski definition) is 1. The molecule has 0 spiro atoms. The summed E-state index contributed by atoms with van der Waals surface area (Å²) in [5.74, 6) is -0.278. The fourth-order valence-corrected chi connectivity index (χ4v) is 6.20. The Balaban J connectivity index is 0.000000159. The largest absolute Gasteiger partial charge is 0.337 e. The van der Waals surface area contributed by atoms with E-state index in [2.05, 4.69) is 30.4 Å². The first-order valence-electron chi connectivity index (χ1n) is 16.4. The number of nitrogens with zero attached hydrogens (tertiary/aromatic N) is 7. The van der Waals surface area contributed by atoms with Crippen LogP contribution in [-0.4, -0.2) is 59.5 Å². The number of benzene rings is 2. The maximum Gasteiger partial charge on any atom is 0.274 e. The van der Waals surface area contributed by atoms with Gasteiger partial charge in [-0.3, -0.25) is 24.2 Å². The number of halogens is 2. The number of piperidine rings is 1. The summed E-state index contributed by atoms with van der Waals surface area (Å²) < 4.78 is 1.62. The van der Waals surface area contributed by atoms with Gasteiger partial charge < -0.3 is 10.2 Å². The molecule has 51 heavy (non-hydrogen) atoms. The average Bonchev–Trinajstić information content (AvgIpc) is 3.58. The van der Waals surface area contributed by atoms with Gasteiger partial charge in [0.2, 0.25) is 0 Å². The Kier molecular flexibility index (Phi) is 9.96. The number of nitrogens with one attached hydrogen (secondary N) is 1. The van der Waals surface area contributed by atoms with Crippen LogP contribution in [0, 0.1) is 0 Å². The lowest BCUT2D eigenvalue weighted by Gasteiger charge is -2.26. The van der Waals surface area contributed by atoms with Gasteiger partial charge in [-0.05, 0) is 78.9 Å². The molecule has 0 bridgehead atoms. The van der Waals surface area contributed by atoms with Crippen molar-refractivity contribution in [3.63, 3.8) is 0 Å². The van der Waals surface area contributed by atoms with Crippen LogP contribution < -0.4 is 5.32 Å². The van der Waals surface area contributed by atoms with Crippen molar-refractivity contribution in [3.05, 3.63) is 131 Å². The summed E-state index contributed by atoms with van der Waals surface area (Å²) in [7, 11) is 1.79. The maximum atomic E-state index is 12.8. The topological polar surface area (TPSA) is 119 Å². The summed E-state index contributed by atoms with van der Waals surface area (Å²) in [6.45, 7) is 1.64.